The van der Waals surface area contributed by atoms with Gasteiger partial charge in [0.1, 0.15) is 17.1 Å². The Balaban J connectivity index is 1.89. The second-order valence-corrected chi connectivity index (χ2v) is 9.15. The Bertz CT molecular complexity index is 1310. The Hall–Kier alpha value is -3.65. The van der Waals surface area contributed by atoms with Gasteiger partial charge >= 0.3 is 0 Å². The lowest BCUT2D eigenvalue weighted by Crippen LogP contribution is -2.35. The van der Waals surface area contributed by atoms with Gasteiger partial charge in [-0.15, -0.1) is 0 Å². The fourth-order valence-corrected chi connectivity index (χ4v) is 4.43. The number of aliphatic hydroxyl groups is 1. The highest BCUT2D eigenvalue weighted by atomic mass is 16.5. The van der Waals surface area contributed by atoms with E-state index in [0.717, 1.165) is 12.0 Å². The minimum atomic E-state index is -0.745. The maximum atomic E-state index is 13.3. The Labute approximate surface area is 205 Å². The van der Waals surface area contributed by atoms with Crippen LogP contribution in [0.2, 0.25) is 0 Å². The number of ether oxygens (including phenoxy) is 1. The predicted octanol–water partition coefficient (Wildman–Crippen LogP) is 3.72. The zero-order valence-corrected chi connectivity index (χ0v) is 20.9. The summed E-state index contributed by atoms with van der Waals surface area (Å²) in [6.45, 7) is 7.27. The van der Waals surface area contributed by atoms with Gasteiger partial charge in [-0.25, -0.2) is 4.98 Å². The van der Waals surface area contributed by atoms with Gasteiger partial charge in [-0.1, -0.05) is 25.1 Å². The molecule has 35 heavy (non-hydrogen) atoms. The third-order valence-corrected chi connectivity index (χ3v) is 6.28. The zero-order chi connectivity index (χ0) is 25.3. The van der Waals surface area contributed by atoms with Gasteiger partial charge in [0.2, 0.25) is 0 Å². The molecule has 3 heterocycles. The molecule has 184 valence electrons. The van der Waals surface area contributed by atoms with Gasteiger partial charge in [-0.3, -0.25) is 9.59 Å². The zero-order valence-electron chi connectivity index (χ0n) is 20.9. The third kappa shape index (κ3) is 4.53. The number of carbonyl (C=O) groups excluding carboxylic acids is 2. The second kappa shape index (κ2) is 9.92. The predicted molar refractivity (Wildman–Crippen MR) is 134 cm³/mol. The summed E-state index contributed by atoms with van der Waals surface area (Å²) in [4.78, 5) is 34.6. The molecule has 1 aromatic carbocycles. The third-order valence-electron chi connectivity index (χ3n) is 6.28. The lowest BCUT2D eigenvalue weighted by molar-refractivity contribution is -0.140. The fourth-order valence-electron chi connectivity index (χ4n) is 4.43. The Morgan fingerprint density at radius 3 is 2.63 bits per heavy atom. The van der Waals surface area contributed by atoms with Gasteiger partial charge in [0.15, 0.2) is 5.76 Å². The highest BCUT2D eigenvalue weighted by molar-refractivity contribution is 6.46. The summed E-state index contributed by atoms with van der Waals surface area (Å²) in [7, 11) is 3.82. The van der Waals surface area contributed by atoms with Crippen molar-refractivity contribution in [3.8, 4) is 5.75 Å². The molecule has 0 bridgehead atoms. The summed E-state index contributed by atoms with van der Waals surface area (Å²) < 4.78 is 7.68. The number of rotatable bonds is 8. The number of imidazole rings is 1. The van der Waals surface area contributed by atoms with E-state index in [4.69, 9.17) is 4.74 Å². The maximum absolute atomic E-state index is 13.3. The molecule has 4 rings (SSSR count). The molecule has 1 atom stereocenters. The molecule has 1 fully saturated rings. The largest absolute Gasteiger partial charge is 0.505 e. The second-order valence-electron chi connectivity index (χ2n) is 9.15. The van der Waals surface area contributed by atoms with Gasteiger partial charge in [-0.05, 0) is 63.7 Å². The highest BCUT2D eigenvalue weighted by Crippen LogP contribution is 2.40. The molecule has 1 aliphatic heterocycles. The van der Waals surface area contributed by atoms with Crippen molar-refractivity contribution in [1.82, 2.24) is 19.2 Å². The van der Waals surface area contributed by atoms with Crippen LogP contribution in [0.3, 0.4) is 0 Å². The van der Waals surface area contributed by atoms with Crippen LogP contribution in [0.15, 0.2) is 48.2 Å². The van der Waals surface area contributed by atoms with Gasteiger partial charge in [0, 0.05) is 19.3 Å². The Kier molecular flexibility index (Phi) is 6.93. The summed E-state index contributed by atoms with van der Waals surface area (Å²) in [6, 6.07) is 10.5. The molecule has 0 aliphatic carbocycles. The number of pyridine rings is 1. The fraction of sp³-hybridized carbons (Fsp3) is 0.370. The van der Waals surface area contributed by atoms with Crippen molar-refractivity contribution in [3.05, 3.63) is 70.7 Å². The number of nitrogens with zero attached hydrogens (tertiary/aromatic N) is 4. The molecule has 2 aromatic heterocycles. The first kappa shape index (κ1) is 24.5. The van der Waals surface area contributed by atoms with E-state index in [2.05, 4.69) is 4.98 Å². The summed E-state index contributed by atoms with van der Waals surface area (Å²) in [6.07, 6.45) is 2.72. The molecule has 0 saturated carbocycles. The molecule has 3 aromatic rings. The first-order valence-corrected chi connectivity index (χ1v) is 11.8. The maximum Gasteiger partial charge on any atom is 0.295 e. The van der Waals surface area contributed by atoms with Crippen LogP contribution in [-0.2, 0) is 9.59 Å². The van der Waals surface area contributed by atoms with Crippen molar-refractivity contribution in [2.75, 3.05) is 33.8 Å². The Morgan fingerprint density at radius 2 is 1.94 bits per heavy atom. The summed E-state index contributed by atoms with van der Waals surface area (Å²) in [5.41, 5.74) is 3.38. The number of likely N-dealkylation sites (N-methyl/N-ethyl adjacent to an activating group) is 1. The van der Waals surface area contributed by atoms with Gasteiger partial charge in [0.25, 0.3) is 11.7 Å². The van der Waals surface area contributed by atoms with E-state index in [0.29, 0.717) is 48.0 Å². The van der Waals surface area contributed by atoms with Crippen molar-refractivity contribution < 1.29 is 19.4 Å². The van der Waals surface area contributed by atoms with Gasteiger partial charge < -0.3 is 24.0 Å². The van der Waals surface area contributed by atoms with Crippen molar-refractivity contribution in [3.63, 3.8) is 0 Å². The molecule has 1 unspecified atom stereocenters. The molecule has 8 heteroatoms. The van der Waals surface area contributed by atoms with E-state index in [1.807, 2.05) is 86.8 Å². The number of hydrogen-bond acceptors (Lipinski definition) is 6. The van der Waals surface area contributed by atoms with E-state index in [9.17, 15) is 14.7 Å². The van der Waals surface area contributed by atoms with Gasteiger partial charge in [-0.2, -0.15) is 0 Å². The van der Waals surface area contributed by atoms with Crippen LogP contribution in [0.4, 0.5) is 0 Å². The van der Waals surface area contributed by atoms with Gasteiger partial charge in [0.05, 0.1) is 23.9 Å². The number of hydrogen-bond donors (Lipinski definition) is 1. The van der Waals surface area contributed by atoms with E-state index in [-0.39, 0.29) is 11.3 Å². The first-order chi connectivity index (χ1) is 16.7. The van der Waals surface area contributed by atoms with Crippen LogP contribution in [0.1, 0.15) is 41.9 Å². The van der Waals surface area contributed by atoms with Crippen LogP contribution in [-0.4, -0.2) is 69.8 Å². The number of aryl methyl sites for hydroxylation is 2. The molecule has 1 saturated heterocycles. The van der Waals surface area contributed by atoms with Crippen LogP contribution in [0.5, 0.6) is 5.75 Å². The molecule has 1 aliphatic rings. The smallest absolute Gasteiger partial charge is 0.295 e. The molecule has 1 amide bonds. The average Bonchev–Trinajstić information content (AvgIpc) is 3.31. The average molecular weight is 477 g/mol. The quantitative estimate of drug-likeness (QED) is 0.303. The monoisotopic (exact) mass is 476 g/mol. The molecule has 0 spiro atoms. The van der Waals surface area contributed by atoms with Crippen LogP contribution in [0.25, 0.3) is 11.4 Å². The highest BCUT2D eigenvalue weighted by Gasteiger charge is 2.46. The van der Waals surface area contributed by atoms with Crippen LogP contribution >= 0.6 is 0 Å². The van der Waals surface area contributed by atoms with Crippen molar-refractivity contribution in [2.24, 2.45) is 0 Å². The number of Topliss-reactive ketones (excluding diaryl/α,β-unsaturated/α-hetero) is 1. The molecular weight excluding hydrogens is 444 g/mol. The first-order valence-electron chi connectivity index (χ1n) is 11.8. The summed E-state index contributed by atoms with van der Waals surface area (Å²) in [5, 5.41) is 11.5. The SMILES string of the molecule is CCCOc1cccc(C2/C(=C(\O)c3nc4c(C)cccn4c3C)C(=O)C(=O)N2CCN(C)C)c1. The minimum absolute atomic E-state index is 0.0468. The van der Waals surface area contributed by atoms with Crippen molar-refractivity contribution in [1.29, 1.82) is 0 Å². The van der Waals surface area contributed by atoms with E-state index in [1.165, 1.54) is 4.90 Å². The minimum Gasteiger partial charge on any atom is -0.505 e. The molecule has 0 radical (unpaired) electrons. The van der Waals surface area contributed by atoms with E-state index < -0.39 is 17.7 Å². The number of ketones is 1. The number of benzene rings is 1. The number of carbonyl (C=O) groups is 2. The number of fused-ring (bicyclic) bond motifs is 1. The lowest BCUT2D eigenvalue weighted by atomic mass is 9.96. The number of likely N-dealkylation sites (tertiary alicyclic amines) is 1. The number of aromatic nitrogens is 2. The summed E-state index contributed by atoms with van der Waals surface area (Å²) >= 11 is 0. The Morgan fingerprint density at radius 1 is 1.17 bits per heavy atom. The van der Waals surface area contributed by atoms with Crippen LogP contribution in [0, 0.1) is 13.8 Å². The normalized spacial score (nSPS) is 17.7. The summed E-state index contributed by atoms with van der Waals surface area (Å²) in [5.74, 6) is -0.946. The van der Waals surface area contributed by atoms with Crippen molar-refractivity contribution in [2.45, 2.75) is 33.2 Å². The molecule has 8 nitrogen and oxygen atoms in total. The standard InChI is InChI=1S/C27H32N4O4/c1-6-15-35-20-11-7-10-19(16-20)23-21(25(33)27(34)31(23)14-13-29(4)5)24(32)22-18(3)30-12-8-9-17(2)26(30)28-22/h7-12,16,23,32H,6,13-15H2,1-5H3/b24-21+. The van der Waals surface area contributed by atoms with Crippen LogP contribution < -0.4 is 4.74 Å². The lowest BCUT2D eigenvalue weighted by Gasteiger charge is -2.26. The molecule has 1 N–H and O–H groups in total. The van der Waals surface area contributed by atoms with E-state index >= 15 is 0 Å². The topological polar surface area (TPSA) is 87.4 Å². The van der Waals surface area contributed by atoms with E-state index in [1.54, 1.807) is 0 Å². The van der Waals surface area contributed by atoms with Crippen molar-refractivity contribution >= 4 is 23.1 Å². The molecular formula is C27H32N4O4. The number of aliphatic hydroxyl groups excluding tert-OH is 1. The number of amides is 1.